The normalized spacial score (nSPS) is 29.4. The Balaban J connectivity index is 2.30. The standard InChI is InChI=1S/C11H22N2O/c1-4-6-8-7-9(8)13-10(14)11(3,12)5-2/h8-9H,4-7,12H2,1-3H3,(H,13,14). The molecule has 0 heterocycles. The van der Waals surface area contributed by atoms with Gasteiger partial charge in [0.2, 0.25) is 5.91 Å². The summed E-state index contributed by atoms with van der Waals surface area (Å²) in [5.41, 5.74) is 5.15. The van der Waals surface area contributed by atoms with Crippen LogP contribution in [0.3, 0.4) is 0 Å². The van der Waals surface area contributed by atoms with Crippen LogP contribution >= 0.6 is 0 Å². The minimum atomic E-state index is -0.695. The van der Waals surface area contributed by atoms with Crippen LogP contribution in [0.5, 0.6) is 0 Å². The number of hydrogen-bond donors (Lipinski definition) is 2. The topological polar surface area (TPSA) is 55.1 Å². The Morgan fingerprint density at radius 2 is 2.21 bits per heavy atom. The van der Waals surface area contributed by atoms with E-state index in [1.807, 2.05) is 6.92 Å². The summed E-state index contributed by atoms with van der Waals surface area (Å²) >= 11 is 0. The molecule has 3 atom stereocenters. The molecule has 1 aliphatic rings. The molecule has 1 amide bonds. The van der Waals surface area contributed by atoms with Crippen LogP contribution in [0.2, 0.25) is 0 Å². The number of hydrogen-bond acceptors (Lipinski definition) is 2. The van der Waals surface area contributed by atoms with E-state index in [1.54, 1.807) is 6.92 Å². The van der Waals surface area contributed by atoms with Crippen LogP contribution in [-0.4, -0.2) is 17.5 Å². The van der Waals surface area contributed by atoms with E-state index in [0.717, 1.165) is 6.42 Å². The van der Waals surface area contributed by atoms with Gasteiger partial charge < -0.3 is 11.1 Å². The summed E-state index contributed by atoms with van der Waals surface area (Å²) in [4.78, 5) is 11.7. The lowest BCUT2D eigenvalue weighted by molar-refractivity contribution is -0.126. The molecule has 1 saturated carbocycles. The van der Waals surface area contributed by atoms with E-state index in [-0.39, 0.29) is 5.91 Å². The summed E-state index contributed by atoms with van der Waals surface area (Å²) in [6.45, 7) is 5.91. The third-order valence-corrected chi connectivity index (χ3v) is 3.15. The Morgan fingerprint density at radius 1 is 1.57 bits per heavy atom. The van der Waals surface area contributed by atoms with Gasteiger partial charge in [-0.3, -0.25) is 4.79 Å². The number of amides is 1. The van der Waals surface area contributed by atoms with Gasteiger partial charge in [-0.25, -0.2) is 0 Å². The van der Waals surface area contributed by atoms with Gasteiger partial charge in [-0.05, 0) is 32.1 Å². The minimum Gasteiger partial charge on any atom is -0.351 e. The molecule has 3 N–H and O–H groups in total. The number of carbonyl (C=O) groups excluding carboxylic acids is 1. The second-order valence-electron chi connectivity index (χ2n) is 4.64. The zero-order valence-electron chi connectivity index (χ0n) is 9.47. The number of carbonyl (C=O) groups is 1. The van der Waals surface area contributed by atoms with Gasteiger partial charge in [0.25, 0.3) is 0 Å². The molecule has 0 saturated heterocycles. The van der Waals surface area contributed by atoms with E-state index in [4.69, 9.17) is 5.73 Å². The van der Waals surface area contributed by atoms with Crippen molar-refractivity contribution in [3.8, 4) is 0 Å². The van der Waals surface area contributed by atoms with E-state index in [0.29, 0.717) is 18.4 Å². The first-order chi connectivity index (χ1) is 6.51. The van der Waals surface area contributed by atoms with Crippen molar-refractivity contribution in [3.63, 3.8) is 0 Å². The van der Waals surface area contributed by atoms with E-state index in [2.05, 4.69) is 12.2 Å². The Bertz CT molecular complexity index is 213. The van der Waals surface area contributed by atoms with Crippen molar-refractivity contribution >= 4 is 5.91 Å². The maximum atomic E-state index is 11.7. The summed E-state index contributed by atoms with van der Waals surface area (Å²) in [5, 5.41) is 3.02. The van der Waals surface area contributed by atoms with Gasteiger partial charge in [0.1, 0.15) is 0 Å². The van der Waals surface area contributed by atoms with Gasteiger partial charge in [0.15, 0.2) is 0 Å². The summed E-state index contributed by atoms with van der Waals surface area (Å²) in [6, 6.07) is 0.400. The maximum absolute atomic E-state index is 11.7. The molecule has 0 aromatic rings. The van der Waals surface area contributed by atoms with Gasteiger partial charge in [-0.1, -0.05) is 20.3 Å². The first-order valence-electron chi connectivity index (χ1n) is 5.61. The van der Waals surface area contributed by atoms with E-state index < -0.39 is 5.54 Å². The molecule has 3 nitrogen and oxygen atoms in total. The molecule has 0 bridgehead atoms. The average Bonchev–Trinajstić information content (AvgIpc) is 2.84. The fourth-order valence-corrected chi connectivity index (χ4v) is 1.61. The number of rotatable bonds is 5. The predicted molar refractivity (Wildman–Crippen MR) is 57.8 cm³/mol. The molecule has 1 fully saturated rings. The van der Waals surface area contributed by atoms with Crippen molar-refractivity contribution in [3.05, 3.63) is 0 Å². The summed E-state index contributed by atoms with van der Waals surface area (Å²) in [6.07, 6.45) is 4.24. The molecule has 14 heavy (non-hydrogen) atoms. The number of nitrogens with two attached hydrogens (primary N) is 1. The van der Waals surface area contributed by atoms with Crippen molar-refractivity contribution < 1.29 is 4.79 Å². The van der Waals surface area contributed by atoms with Crippen LogP contribution in [-0.2, 0) is 4.79 Å². The fraction of sp³-hybridized carbons (Fsp3) is 0.909. The smallest absolute Gasteiger partial charge is 0.240 e. The first kappa shape index (κ1) is 11.5. The molecule has 0 aliphatic heterocycles. The predicted octanol–water partition coefficient (Wildman–Crippen LogP) is 1.42. The Labute approximate surface area is 86.4 Å². The van der Waals surface area contributed by atoms with Crippen LogP contribution in [0.25, 0.3) is 0 Å². The van der Waals surface area contributed by atoms with E-state index in [1.165, 1.54) is 12.8 Å². The lowest BCUT2D eigenvalue weighted by Crippen LogP contribution is -2.51. The van der Waals surface area contributed by atoms with Crippen LogP contribution in [0, 0.1) is 5.92 Å². The van der Waals surface area contributed by atoms with Gasteiger partial charge >= 0.3 is 0 Å². The molecule has 0 aromatic carbocycles. The van der Waals surface area contributed by atoms with Crippen molar-refractivity contribution in [2.24, 2.45) is 11.7 Å². The summed E-state index contributed by atoms with van der Waals surface area (Å²) in [5.74, 6) is 0.709. The molecule has 82 valence electrons. The van der Waals surface area contributed by atoms with E-state index in [9.17, 15) is 4.79 Å². The van der Waals surface area contributed by atoms with Gasteiger partial charge in [-0.15, -0.1) is 0 Å². The zero-order chi connectivity index (χ0) is 10.8. The van der Waals surface area contributed by atoms with Crippen molar-refractivity contribution in [1.82, 2.24) is 5.32 Å². The lowest BCUT2D eigenvalue weighted by atomic mass is 9.99. The quantitative estimate of drug-likeness (QED) is 0.702. The molecule has 0 aromatic heterocycles. The van der Waals surface area contributed by atoms with Crippen LogP contribution in [0.1, 0.15) is 46.5 Å². The minimum absolute atomic E-state index is 0.00334. The Kier molecular flexibility index (Phi) is 3.53. The fourth-order valence-electron chi connectivity index (χ4n) is 1.61. The second kappa shape index (κ2) is 4.30. The molecule has 3 heteroatoms. The maximum Gasteiger partial charge on any atom is 0.240 e. The highest BCUT2D eigenvalue weighted by atomic mass is 16.2. The molecule has 1 aliphatic carbocycles. The molecular weight excluding hydrogens is 176 g/mol. The molecule has 3 unspecified atom stereocenters. The third kappa shape index (κ3) is 2.71. The zero-order valence-corrected chi connectivity index (χ0v) is 9.47. The highest BCUT2D eigenvalue weighted by Gasteiger charge is 2.39. The molecular formula is C11H22N2O. The van der Waals surface area contributed by atoms with Gasteiger partial charge in [0, 0.05) is 6.04 Å². The van der Waals surface area contributed by atoms with Crippen molar-refractivity contribution in [2.45, 2.75) is 58.0 Å². The van der Waals surface area contributed by atoms with Crippen LogP contribution in [0.15, 0.2) is 0 Å². The number of nitrogens with one attached hydrogen (secondary N) is 1. The highest BCUT2D eigenvalue weighted by molar-refractivity contribution is 5.86. The highest BCUT2D eigenvalue weighted by Crippen LogP contribution is 2.34. The average molecular weight is 198 g/mol. The van der Waals surface area contributed by atoms with Crippen LogP contribution in [0.4, 0.5) is 0 Å². The first-order valence-corrected chi connectivity index (χ1v) is 5.61. The Hall–Kier alpha value is -0.570. The van der Waals surface area contributed by atoms with Crippen molar-refractivity contribution in [2.75, 3.05) is 0 Å². The van der Waals surface area contributed by atoms with Gasteiger partial charge in [0.05, 0.1) is 5.54 Å². The van der Waals surface area contributed by atoms with Gasteiger partial charge in [-0.2, -0.15) is 0 Å². The Morgan fingerprint density at radius 3 is 2.71 bits per heavy atom. The van der Waals surface area contributed by atoms with E-state index >= 15 is 0 Å². The monoisotopic (exact) mass is 198 g/mol. The largest absolute Gasteiger partial charge is 0.351 e. The third-order valence-electron chi connectivity index (χ3n) is 3.15. The SMILES string of the molecule is CCCC1CC1NC(=O)C(C)(N)CC. The second-order valence-corrected chi connectivity index (χ2v) is 4.64. The molecule has 1 rings (SSSR count). The molecule has 0 spiro atoms. The molecule has 0 radical (unpaired) electrons. The summed E-state index contributed by atoms with van der Waals surface area (Å²) < 4.78 is 0. The van der Waals surface area contributed by atoms with Crippen molar-refractivity contribution in [1.29, 1.82) is 0 Å². The van der Waals surface area contributed by atoms with Crippen LogP contribution < -0.4 is 11.1 Å². The lowest BCUT2D eigenvalue weighted by Gasteiger charge is -2.21. The summed E-state index contributed by atoms with van der Waals surface area (Å²) in [7, 11) is 0.